The molecule has 218 valence electrons. The quantitative estimate of drug-likeness (QED) is 0.0907. The molecule has 7 nitrogen and oxygen atoms in total. The van der Waals surface area contributed by atoms with Crippen molar-refractivity contribution in [3.63, 3.8) is 0 Å². The first kappa shape index (κ1) is 32.4. The molecule has 1 heterocycles. The Labute approximate surface area is 234 Å². The maximum absolute atomic E-state index is 12.4. The third-order valence-corrected chi connectivity index (χ3v) is 6.95. The summed E-state index contributed by atoms with van der Waals surface area (Å²) in [4.78, 5) is 36.4. The lowest BCUT2D eigenvalue weighted by molar-refractivity contribution is -0.169. The van der Waals surface area contributed by atoms with Crippen LogP contribution in [0.3, 0.4) is 0 Å². The normalized spacial score (nSPS) is 15.7. The molecule has 0 spiro atoms. The molecule has 0 bridgehead atoms. The lowest BCUT2D eigenvalue weighted by Gasteiger charge is -2.24. The van der Waals surface area contributed by atoms with Gasteiger partial charge in [0.15, 0.2) is 18.0 Å². The van der Waals surface area contributed by atoms with E-state index in [1.54, 1.807) is 6.92 Å². The zero-order chi connectivity index (χ0) is 28.3. The predicted octanol–water partition coefficient (Wildman–Crippen LogP) is 7.36. The average molecular weight is 545 g/mol. The van der Waals surface area contributed by atoms with Gasteiger partial charge in [0.2, 0.25) is 0 Å². The molecule has 1 aliphatic heterocycles. The molecule has 0 amide bonds. The Balaban J connectivity index is 1.67. The van der Waals surface area contributed by atoms with Gasteiger partial charge in [-0.2, -0.15) is 0 Å². The molecule has 39 heavy (non-hydrogen) atoms. The van der Waals surface area contributed by atoms with Crippen LogP contribution in [-0.2, 0) is 39.9 Å². The number of hydrogen-bond acceptors (Lipinski definition) is 7. The van der Waals surface area contributed by atoms with Crippen LogP contribution in [0.2, 0.25) is 0 Å². The molecule has 2 atom stereocenters. The average Bonchev–Trinajstić information content (AvgIpc) is 3.21. The van der Waals surface area contributed by atoms with Crippen LogP contribution in [0.15, 0.2) is 41.7 Å². The highest BCUT2D eigenvalue weighted by Crippen LogP contribution is 2.29. The second-order valence-electron chi connectivity index (χ2n) is 10.4. The minimum atomic E-state index is -0.981. The highest BCUT2D eigenvalue weighted by molar-refractivity contribution is 5.91. The Kier molecular flexibility index (Phi) is 16.0. The Morgan fingerprint density at radius 2 is 1.44 bits per heavy atom. The topological polar surface area (TPSA) is 88.1 Å². The number of cyclic esters (lactones) is 1. The van der Waals surface area contributed by atoms with E-state index in [0.29, 0.717) is 17.8 Å². The summed E-state index contributed by atoms with van der Waals surface area (Å²) in [6.45, 7) is 5.14. The second-order valence-corrected chi connectivity index (χ2v) is 10.4. The van der Waals surface area contributed by atoms with Gasteiger partial charge in [-0.05, 0) is 18.9 Å². The van der Waals surface area contributed by atoms with Crippen molar-refractivity contribution in [1.29, 1.82) is 0 Å². The van der Waals surface area contributed by atoms with Gasteiger partial charge < -0.3 is 18.9 Å². The highest BCUT2D eigenvalue weighted by Gasteiger charge is 2.41. The van der Waals surface area contributed by atoms with Crippen LogP contribution in [0.25, 0.3) is 0 Å². The summed E-state index contributed by atoms with van der Waals surface area (Å²) in [5.41, 5.74) is 1.23. The van der Waals surface area contributed by atoms with E-state index in [4.69, 9.17) is 18.9 Å². The Morgan fingerprint density at radius 3 is 2.00 bits per heavy atom. The minimum absolute atomic E-state index is 0.208. The number of esters is 3. The lowest BCUT2D eigenvalue weighted by Crippen LogP contribution is -2.38. The summed E-state index contributed by atoms with van der Waals surface area (Å²) in [6, 6.07) is 9.51. The lowest BCUT2D eigenvalue weighted by atomic mass is 10.0. The van der Waals surface area contributed by atoms with Crippen LogP contribution in [0.1, 0.15) is 116 Å². The fourth-order valence-electron chi connectivity index (χ4n) is 4.67. The molecule has 0 saturated carbocycles. The Hall–Kier alpha value is -2.83. The first-order chi connectivity index (χ1) is 18.9. The molecular weight excluding hydrogens is 496 g/mol. The van der Waals surface area contributed by atoms with E-state index in [0.717, 1.165) is 24.8 Å². The molecule has 2 rings (SSSR count). The predicted molar refractivity (Wildman–Crippen MR) is 151 cm³/mol. The SMILES string of the molecule is CCCCCCCCCCCCCCCC(=O)OC[C@H](OC(C)=O)[C@H]1OC(=O)C(C)=C1OCc1ccccc1. The zero-order valence-electron chi connectivity index (χ0n) is 24.2. The van der Waals surface area contributed by atoms with Crippen molar-refractivity contribution in [2.45, 2.75) is 129 Å². The van der Waals surface area contributed by atoms with E-state index in [1.807, 2.05) is 30.3 Å². The van der Waals surface area contributed by atoms with Crippen LogP contribution in [0, 0.1) is 0 Å². The van der Waals surface area contributed by atoms with Gasteiger partial charge in [0.1, 0.15) is 13.2 Å². The maximum Gasteiger partial charge on any atom is 0.338 e. The molecule has 7 heteroatoms. The van der Waals surface area contributed by atoms with Crippen molar-refractivity contribution in [3.05, 3.63) is 47.2 Å². The van der Waals surface area contributed by atoms with Crippen LogP contribution < -0.4 is 0 Å². The summed E-state index contributed by atoms with van der Waals surface area (Å²) < 4.78 is 22.2. The van der Waals surface area contributed by atoms with Crippen molar-refractivity contribution < 1.29 is 33.3 Å². The maximum atomic E-state index is 12.4. The number of benzene rings is 1. The third-order valence-electron chi connectivity index (χ3n) is 6.95. The fraction of sp³-hybridized carbons (Fsp3) is 0.656. The van der Waals surface area contributed by atoms with E-state index in [2.05, 4.69) is 6.92 Å². The molecule has 0 aromatic heterocycles. The van der Waals surface area contributed by atoms with Gasteiger partial charge in [-0.1, -0.05) is 114 Å². The second kappa shape index (κ2) is 19.3. The number of carbonyl (C=O) groups is 3. The monoisotopic (exact) mass is 544 g/mol. The number of unbranched alkanes of at least 4 members (excludes halogenated alkanes) is 12. The van der Waals surface area contributed by atoms with E-state index in [-0.39, 0.29) is 19.2 Å². The first-order valence-corrected chi connectivity index (χ1v) is 14.8. The van der Waals surface area contributed by atoms with Crippen LogP contribution in [0.5, 0.6) is 0 Å². The molecule has 0 radical (unpaired) electrons. The molecule has 0 saturated heterocycles. The van der Waals surface area contributed by atoms with Gasteiger partial charge in [-0.3, -0.25) is 9.59 Å². The van der Waals surface area contributed by atoms with Crippen LogP contribution >= 0.6 is 0 Å². The van der Waals surface area contributed by atoms with Crippen molar-refractivity contribution >= 4 is 17.9 Å². The first-order valence-electron chi connectivity index (χ1n) is 14.8. The van der Waals surface area contributed by atoms with Gasteiger partial charge in [-0.25, -0.2) is 4.79 Å². The third kappa shape index (κ3) is 13.2. The summed E-state index contributed by atoms with van der Waals surface area (Å²) in [7, 11) is 0. The molecular formula is C32H48O7. The van der Waals surface area contributed by atoms with E-state index in [9.17, 15) is 14.4 Å². The van der Waals surface area contributed by atoms with Gasteiger partial charge >= 0.3 is 17.9 Å². The van der Waals surface area contributed by atoms with Crippen molar-refractivity contribution in [1.82, 2.24) is 0 Å². The largest absolute Gasteiger partial charge is 0.489 e. The van der Waals surface area contributed by atoms with Crippen LogP contribution in [-0.4, -0.2) is 36.7 Å². The number of hydrogen-bond donors (Lipinski definition) is 0. The summed E-state index contributed by atoms with van der Waals surface area (Å²) >= 11 is 0. The highest BCUT2D eigenvalue weighted by atomic mass is 16.6. The van der Waals surface area contributed by atoms with Gasteiger partial charge in [0.05, 0.1) is 5.57 Å². The number of carbonyl (C=O) groups excluding carboxylic acids is 3. The summed E-state index contributed by atoms with van der Waals surface area (Å²) in [6.07, 6.45) is 14.4. The Morgan fingerprint density at radius 1 is 0.872 bits per heavy atom. The van der Waals surface area contributed by atoms with E-state index in [1.165, 1.54) is 71.1 Å². The molecule has 0 aliphatic carbocycles. The summed E-state index contributed by atoms with van der Waals surface area (Å²) in [5, 5.41) is 0. The van der Waals surface area contributed by atoms with Gasteiger partial charge in [-0.15, -0.1) is 0 Å². The minimum Gasteiger partial charge on any atom is -0.489 e. The molecule has 1 aromatic rings. The molecule has 1 aliphatic rings. The van der Waals surface area contributed by atoms with Gasteiger partial charge in [0.25, 0.3) is 0 Å². The van der Waals surface area contributed by atoms with Crippen molar-refractivity contribution in [2.75, 3.05) is 6.61 Å². The molecule has 0 fully saturated rings. The molecule has 1 aromatic carbocycles. The zero-order valence-corrected chi connectivity index (χ0v) is 24.2. The molecule has 0 N–H and O–H groups in total. The fourth-order valence-corrected chi connectivity index (χ4v) is 4.67. The Bertz CT molecular complexity index is 893. The number of ether oxygens (including phenoxy) is 4. The van der Waals surface area contributed by atoms with E-state index < -0.39 is 24.1 Å². The smallest absolute Gasteiger partial charge is 0.338 e. The summed E-state index contributed by atoms with van der Waals surface area (Å²) in [5.74, 6) is -1.16. The standard InChI is InChI=1S/C32H48O7/c1-4-5-6-7-8-9-10-11-12-13-14-15-19-22-29(34)36-24-28(38-26(3)33)31-30(25(2)32(35)39-31)37-23-27-20-17-16-18-21-27/h16-18,20-21,28,31H,4-15,19,22-24H2,1-3H3/t28-,31+/m0/s1. The molecule has 0 unspecified atom stereocenters. The van der Waals surface area contributed by atoms with Crippen molar-refractivity contribution in [3.8, 4) is 0 Å². The van der Waals surface area contributed by atoms with E-state index >= 15 is 0 Å². The number of rotatable bonds is 21. The van der Waals surface area contributed by atoms with Crippen LogP contribution in [0.4, 0.5) is 0 Å². The van der Waals surface area contributed by atoms with Crippen molar-refractivity contribution in [2.24, 2.45) is 0 Å². The van der Waals surface area contributed by atoms with Gasteiger partial charge in [0, 0.05) is 13.3 Å².